The average molecular weight is 1010 g/mol. The lowest BCUT2D eigenvalue weighted by atomic mass is 9.96. The van der Waals surface area contributed by atoms with Crippen LogP contribution in [0.4, 0.5) is 0 Å². The fraction of sp³-hybridized carbons (Fsp3) is 0.605. The number of benzene rings is 1. The molecule has 0 spiro atoms. The van der Waals surface area contributed by atoms with E-state index in [1.54, 1.807) is 13.8 Å². The van der Waals surface area contributed by atoms with Crippen LogP contribution in [0.15, 0.2) is 24.3 Å². The molecule has 0 bridgehead atoms. The zero-order valence-electron chi connectivity index (χ0n) is 39.1. The quantitative estimate of drug-likeness (QED) is 0.0671. The zero-order chi connectivity index (χ0) is 51.5. The largest absolute Gasteiger partial charge is 0.508 e. The second-order valence-corrected chi connectivity index (χ2v) is 20.0. The number of amides is 11. The van der Waals surface area contributed by atoms with Crippen LogP contribution in [0.2, 0.25) is 0 Å². The number of phenols is 1. The number of primary amides is 3. The van der Waals surface area contributed by atoms with Crippen molar-refractivity contribution in [3.05, 3.63) is 29.8 Å². The second-order valence-electron chi connectivity index (χ2n) is 17.4. The van der Waals surface area contributed by atoms with Gasteiger partial charge in [0.15, 0.2) is 0 Å². The number of likely N-dealkylation sites (tertiary alicyclic amines) is 1. The van der Waals surface area contributed by atoms with E-state index in [4.69, 9.17) is 22.9 Å². The van der Waals surface area contributed by atoms with Gasteiger partial charge < -0.3 is 70.2 Å². The summed E-state index contributed by atoms with van der Waals surface area (Å²) in [5, 5.41) is 27.7. The first-order valence-electron chi connectivity index (χ1n) is 22.5. The highest BCUT2D eigenvalue weighted by Gasteiger charge is 2.41. The fourth-order valence-electron chi connectivity index (χ4n) is 7.34. The molecule has 1 aromatic rings. The minimum atomic E-state index is -1.75. The summed E-state index contributed by atoms with van der Waals surface area (Å²) in [6, 6.07) is -5.05. The van der Waals surface area contributed by atoms with Crippen molar-refractivity contribution in [1.82, 2.24) is 42.1 Å². The van der Waals surface area contributed by atoms with Crippen LogP contribution in [0.25, 0.3) is 0 Å². The van der Waals surface area contributed by atoms with Gasteiger partial charge in [0.05, 0.1) is 19.0 Å². The molecule has 1 aromatic carbocycles. The molecule has 0 radical (unpaired) electrons. The first-order valence-corrected chi connectivity index (χ1v) is 25.0. The number of hydrogen-bond acceptors (Lipinski definition) is 15. The normalized spacial score (nSPS) is 24.3. The number of nitrogens with one attached hydrogen (secondary N) is 7. The van der Waals surface area contributed by atoms with E-state index in [2.05, 4.69) is 37.2 Å². The topological polar surface area (TPSA) is 400 Å². The standard InChI is InChI=1S/C43H66N12O12S2/c1-5-22(4)35-42(66)49-26(12-13-32(45)57)38(62)51-29(17-33(46)58)39(63)53-30(20-69-68-19-25(44)36(60)50-28(40(64)54-35)16-23-8-10-24(56)11-9-23)43(67)55-14-6-7-31(55)41(65)52-27(15-21(2)3)37(61)48-18-34(47)59/h8-11,21-22,25-31,35,56H,5-7,12-20,44H2,1-4H3,(H2,45,57)(H2,46,58)(H2,47,59)(H,48,61)(H,49,66)(H,50,60)(H,51,62)(H,52,65)(H,53,63)(H,54,64)/t22-,25-,26?,27-,28-,29-,30-,31-,35?/m0/s1. The number of nitrogens with two attached hydrogens (primary N) is 4. The molecule has 0 aliphatic carbocycles. The van der Waals surface area contributed by atoms with Crippen molar-refractivity contribution < 1.29 is 57.8 Å². The van der Waals surface area contributed by atoms with Crippen LogP contribution < -0.4 is 60.2 Å². The fourth-order valence-corrected chi connectivity index (χ4v) is 9.62. The molecular weight excluding hydrogens is 941 g/mol. The third-order valence-electron chi connectivity index (χ3n) is 11.3. The highest BCUT2D eigenvalue weighted by atomic mass is 33.1. The molecule has 2 saturated heterocycles. The third kappa shape index (κ3) is 18.7. The minimum absolute atomic E-state index is 0.0468. The molecule has 2 heterocycles. The Morgan fingerprint density at radius 3 is 2.00 bits per heavy atom. The lowest BCUT2D eigenvalue weighted by Crippen LogP contribution is -2.61. The van der Waals surface area contributed by atoms with Crippen molar-refractivity contribution in [2.24, 2.45) is 34.8 Å². The number of aromatic hydroxyl groups is 1. The number of nitrogens with zero attached hydrogens (tertiary/aromatic N) is 1. The molecule has 2 fully saturated rings. The van der Waals surface area contributed by atoms with Crippen LogP contribution in [-0.4, -0.2) is 148 Å². The maximum atomic E-state index is 14.5. The van der Waals surface area contributed by atoms with Crippen LogP contribution in [-0.2, 0) is 59.2 Å². The van der Waals surface area contributed by atoms with Crippen molar-refractivity contribution in [1.29, 1.82) is 0 Å². The Labute approximate surface area is 407 Å². The van der Waals surface area contributed by atoms with E-state index in [9.17, 15) is 57.8 Å². The summed E-state index contributed by atoms with van der Waals surface area (Å²) in [5.74, 6) is -10.4. The van der Waals surface area contributed by atoms with Gasteiger partial charge in [0, 0.05) is 30.9 Å². The van der Waals surface area contributed by atoms with Crippen molar-refractivity contribution in [2.75, 3.05) is 24.6 Å². The summed E-state index contributed by atoms with van der Waals surface area (Å²) in [4.78, 5) is 148. The molecule has 26 heteroatoms. The van der Waals surface area contributed by atoms with Crippen LogP contribution in [0.5, 0.6) is 5.75 Å². The van der Waals surface area contributed by atoms with Gasteiger partial charge in [-0.2, -0.15) is 0 Å². The van der Waals surface area contributed by atoms with Gasteiger partial charge in [-0.3, -0.25) is 52.7 Å². The number of hydrogen-bond donors (Lipinski definition) is 12. The van der Waals surface area contributed by atoms with Crippen molar-refractivity contribution in [3.63, 3.8) is 0 Å². The van der Waals surface area contributed by atoms with Gasteiger partial charge >= 0.3 is 0 Å². The Morgan fingerprint density at radius 1 is 0.783 bits per heavy atom. The Balaban J connectivity index is 2.05. The molecule has 2 unspecified atom stereocenters. The Hall–Kier alpha value is -6.15. The van der Waals surface area contributed by atoms with Crippen molar-refractivity contribution >= 4 is 86.6 Å². The van der Waals surface area contributed by atoms with E-state index < -0.39 is 145 Å². The van der Waals surface area contributed by atoms with Gasteiger partial charge in [0.1, 0.15) is 48.0 Å². The maximum absolute atomic E-state index is 14.5. The Kier molecular flexibility index (Phi) is 23.0. The lowest BCUT2D eigenvalue weighted by molar-refractivity contribution is -0.142. The molecule has 11 amide bonds. The molecule has 2 aliphatic rings. The first-order chi connectivity index (χ1) is 32.5. The van der Waals surface area contributed by atoms with Gasteiger partial charge in [0.25, 0.3) is 0 Å². The Bertz CT molecular complexity index is 2050. The van der Waals surface area contributed by atoms with Gasteiger partial charge in [-0.1, -0.05) is 67.8 Å². The number of carbonyl (C=O) groups is 11. The van der Waals surface area contributed by atoms with Gasteiger partial charge in [-0.25, -0.2) is 0 Å². The smallest absolute Gasteiger partial charge is 0.246 e. The first kappa shape index (κ1) is 57.2. The molecular formula is C43H66N12O12S2. The highest BCUT2D eigenvalue weighted by Crippen LogP contribution is 2.26. The van der Waals surface area contributed by atoms with E-state index in [1.165, 1.54) is 29.2 Å². The van der Waals surface area contributed by atoms with E-state index >= 15 is 0 Å². The van der Waals surface area contributed by atoms with Crippen LogP contribution in [0, 0.1) is 11.8 Å². The van der Waals surface area contributed by atoms with E-state index in [0.717, 1.165) is 21.6 Å². The summed E-state index contributed by atoms with van der Waals surface area (Å²) < 4.78 is 0. The molecule has 16 N–H and O–H groups in total. The van der Waals surface area contributed by atoms with Crippen LogP contribution in [0.1, 0.15) is 78.2 Å². The molecule has 0 saturated carbocycles. The van der Waals surface area contributed by atoms with Crippen molar-refractivity contribution in [2.45, 2.75) is 127 Å². The molecule has 3 rings (SSSR count). The molecule has 2 aliphatic heterocycles. The minimum Gasteiger partial charge on any atom is -0.508 e. The summed E-state index contributed by atoms with van der Waals surface area (Å²) in [6.45, 7) is 6.60. The second kappa shape index (κ2) is 27.7. The predicted molar refractivity (Wildman–Crippen MR) is 254 cm³/mol. The molecule has 0 aromatic heterocycles. The van der Waals surface area contributed by atoms with Crippen molar-refractivity contribution in [3.8, 4) is 5.75 Å². The van der Waals surface area contributed by atoms with E-state index in [0.29, 0.717) is 18.4 Å². The molecule has 24 nitrogen and oxygen atoms in total. The Morgan fingerprint density at radius 2 is 1.39 bits per heavy atom. The van der Waals surface area contributed by atoms with Crippen LogP contribution in [0.3, 0.4) is 0 Å². The third-order valence-corrected chi connectivity index (χ3v) is 13.7. The van der Waals surface area contributed by atoms with Gasteiger partial charge in [0.2, 0.25) is 65.0 Å². The predicted octanol–water partition coefficient (Wildman–Crippen LogP) is -3.61. The summed E-state index contributed by atoms with van der Waals surface area (Å²) in [7, 11) is 2.05. The summed E-state index contributed by atoms with van der Waals surface area (Å²) >= 11 is 0. The molecule has 382 valence electrons. The highest BCUT2D eigenvalue weighted by molar-refractivity contribution is 8.76. The summed E-state index contributed by atoms with van der Waals surface area (Å²) in [5.41, 5.74) is 22.9. The van der Waals surface area contributed by atoms with Gasteiger partial charge in [-0.05, 0) is 55.2 Å². The summed E-state index contributed by atoms with van der Waals surface area (Å²) in [6.07, 6.45) is -0.694. The zero-order valence-corrected chi connectivity index (χ0v) is 40.7. The number of phenolic OH excluding ortho intramolecular Hbond substituents is 1. The number of rotatable bonds is 17. The number of carbonyl (C=O) groups excluding carboxylic acids is 11. The molecule has 9 atom stereocenters. The maximum Gasteiger partial charge on any atom is 0.246 e. The van der Waals surface area contributed by atoms with E-state index in [1.807, 2.05) is 13.8 Å². The van der Waals surface area contributed by atoms with Gasteiger partial charge in [-0.15, -0.1) is 0 Å². The monoisotopic (exact) mass is 1010 g/mol. The van der Waals surface area contributed by atoms with E-state index in [-0.39, 0.29) is 49.0 Å². The average Bonchev–Trinajstić information content (AvgIpc) is 3.78. The molecule has 69 heavy (non-hydrogen) atoms. The lowest BCUT2D eigenvalue weighted by Gasteiger charge is -2.31. The van der Waals surface area contributed by atoms with Crippen LogP contribution >= 0.6 is 21.6 Å². The SMILES string of the molecule is CC[C@H](C)C1NC(=O)[C@H](Cc2ccc(O)cc2)NC(=O)[C@@H](N)CSSC[C@@H](C(=O)N2CCC[C@H]2C(=O)N[C@@H](CC(C)C)C(=O)NCC(N)=O)NC(=O)[C@H](CC(N)=O)NC(=O)C(CCC(N)=O)NC1=O.